The first-order valence-corrected chi connectivity index (χ1v) is 9.66. The van der Waals surface area contributed by atoms with Gasteiger partial charge in [0.1, 0.15) is 11.6 Å². The van der Waals surface area contributed by atoms with E-state index in [1.54, 1.807) is 11.8 Å². The number of carbonyl (C=O) groups excluding carboxylic acids is 2. The van der Waals surface area contributed by atoms with Gasteiger partial charge in [-0.25, -0.2) is 0 Å². The minimum absolute atomic E-state index is 0.0674. The summed E-state index contributed by atoms with van der Waals surface area (Å²) in [5.74, 6) is 0.646. The molecule has 2 aliphatic heterocycles. The van der Waals surface area contributed by atoms with E-state index in [1.807, 2.05) is 11.0 Å². The van der Waals surface area contributed by atoms with Crippen molar-refractivity contribution < 1.29 is 9.59 Å². The Morgan fingerprint density at radius 1 is 1.33 bits per heavy atom. The van der Waals surface area contributed by atoms with Crippen molar-refractivity contribution in [2.24, 2.45) is 11.3 Å². The maximum absolute atomic E-state index is 13.1. The number of nitrogens with one attached hydrogen (secondary N) is 1. The number of H-pyrrole nitrogens is 1. The van der Waals surface area contributed by atoms with Gasteiger partial charge in [-0.2, -0.15) is 5.26 Å². The van der Waals surface area contributed by atoms with E-state index in [0.717, 1.165) is 25.9 Å². The summed E-state index contributed by atoms with van der Waals surface area (Å²) in [7, 11) is 0. The lowest BCUT2D eigenvalue weighted by Crippen LogP contribution is -2.51. The van der Waals surface area contributed by atoms with Crippen molar-refractivity contribution in [3.05, 3.63) is 33.2 Å². The fourth-order valence-corrected chi connectivity index (χ4v) is 4.46. The standard InChI is InChI=1S/C20H24N4O3/c1-13-16(9-15(10-21)17(25)22-13)18(26)24-8-6-20(12-24)5-2-7-23(19(20)27)11-14-3-4-14/h9,14H,2-8,11-12H2,1H3,(H,22,25). The van der Waals surface area contributed by atoms with Crippen LogP contribution >= 0.6 is 0 Å². The minimum Gasteiger partial charge on any atom is -0.342 e. The molecule has 1 aromatic heterocycles. The van der Waals surface area contributed by atoms with E-state index < -0.39 is 11.0 Å². The molecule has 1 aliphatic carbocycles. The molecule has 0 radical (unpaired) electrons. The van der Waals surface area contributed by atoms with Gasteiger partial charge >= 0.3 is 0 Å². The number of piperidine rings is 1. The number of nitrogens with zero attached hydrogens (tertiary/aromatic N) is 3. The van der Waals surface area contributed by atoms with Crippen LogP contribution in [0.1, 0.15) is 53.7 Å². The Balaban J connectivity index is 1.54. The Hall–Kier alpha value is -2.62. The molecule has 1 saturated carbocycles. The van der Waals surface area contributed by atoms with Crippen LogP contribution in [0.2, 0.25) is 0 Å². The van der Waals surface area contributed by atoms with E-state index in [1.165, 1.54) is 18.9 Å². The fourth-order valence-electron chi connectivity index (χ4n) is 4.46. The summed E-state index contributed by atoms with van der Waals surface area (Å²) >= 11 is 0. The highest BCUT2D eigenvalue weighted by Crippen LogP contribution is 2.42. The number of nitriles is 1. The van der Waals surface area contributed by atoms with Crippen molar-refractivity contribution in [2.75, 3.05) is 26.2 Å². The molecule has 27 heavy (non-hydrogen) atoms. The summed E-state index contributed by atoms with van der Waals surface area (Å²) < 4.78 is 0. The first kappa shape index (κ1) is 17.8. The highest BCUT2D eigenvalue weighted by Gasteiger charge is 2.50. The number of aromatic nitrogens is 1. The Morgan fingerprint density at radius 3 is 2.81 bits per heavy atom. The van der Waals surface area contributed by atoms with Gasteiger partial charge in [-0.15, -0.1) is 0 Å². The minimum atomic E-state index is -0.484. The fraction of sp³-hybridized carbons (Fsp3) is 0.600. The molecule has 7 heteroatoms. The molecule has 2 amide bonds. The maximum atomic E-state index is 13.1. The molecule has 1 unspecified atom stereocenters. The summed E-state index contributed by atoms with van der Waals surface area (Å²) in [5.41, 5.74) is -0.224. The van der Waals surface area contributed by atoms with Crippen molar-refractivity contribution in [2.45, 2.75) is 39.0 Å². The molecule has 2 saturated heterocycles. The SMILES string of the molecule is Cc1[nH]c(=O)c(C#N)cc1C(=O)N1CCC2(CCCN(CC3CC3)C2=O)C1. The number of carbonyl (C=O) groups is 2. The molecule has 0 bridgehead atoms. The summed E-state index contributed by atoms with van der Waals surface area (Å²) in [6.45, 7) is 4.30. The molecule has 0 aromatic carbocycles. The Morgan fingerprint density at radius 2 is 2.11 bits per heavy atom. The van der Waals surface area contributed by atoms with E-state index in [4.69, 9.17) is 5.26 Å². The van der Waals surface area contributed by atoms with Gasteiger partial charge in [-0.1, -0.05) is 0 Å². The van der Waals surface area contributed by atoms with E-state index in [9.17, 15) is 14.4 Å². The first-order valence-electron chi connectivity index (χ1n) is 9.66. The average molecular weight is 368 g/mol. The molecular formula is C20H24N4O3. The monoisotopic (exact) mass is 368 g/mol. The number of likely N-dealkylation sites (tertiary alicyclic amines) is 2. The molecule has 1 spiro atoms. The quantitative estimate of drug-likeness (QED) is 0.872. The molecule has 1 aromatic rings. The van der Waals surface area contributed by atoms with Gasteiger partial charge < -0.3 is 14.8 Å². The van der Waals surface area contributed by atoms with Crippen LogP contribution in [0.5, 0.6) is 0 Å². The molecule has 7 nitrogen and oxygen atoms in total. The Bertz CT molecular complexity index is 895. The number of hydrogen-bond acceptors (Lipinski definition) is 4. The van der Waals surface area contributed by atoms with Crippen LogP contribution in [0.4, 0.5) is 0 Å². The van der Waals surface area contributed by atoms with Crippen LogP contribution < -0.4 is 5.56 Å². The Kier molecular flexibility index (Phi) is 4.29. The van der Waals surface area contributed by atoms with Crippen molar-refractivity contribution >= 4 is 11.8 Å². The third-order valence-electron chi connectivity index (χ3n) is 6.23. The summed E-state index contributed by atoms with van der Waals surface area (Å²) in [4.78, 5) is 44.2. The highest BCUT2D eigenvalue weighted by atomic mass is 16.2. The van der Waals surface area contributed by atoms with Crippen molar-refractivity contribution in [1.82, 2.24) is 14.8 Å². The average Bonchev–Trinajstić information content (AvgIpc) is 3.36. The predicted molar refractivity (Wildman–Crippen MR) is 98.0 cm³/mol. The van der Waals surface area contributed by atoms with Gasteiger partial charge in [0, 0.05) is 31.9 Å². The molecule has 3 aliphatic rings. The van der Waals surface area contributed by atoms with Gasteiger partial charge in [0.25, 0.3) is 11.5 Å². The van der Waals surface area contributed by atoms with Crippen molar-refractivity contribution in [1.29, 1.82) is 5.26 Å². The number of amides is 2. The summed E-state index contributed by atoms with van der Waals surface area (Å²) in [6.07, 6.45) is 4.93. The van der Waals surface area contributed by atoms with Crippen LogP contribution in [-0.4, -0.2) is 52.8 Å². The molecular weight excluding hydrogens is 344 g/mol. The van der Waals surface area contributed by atoms with Gasteiger partial charge in [0.2, 0.25) is 5.91 Å². The number of aromatic amines is 1. The predicted octanol–water partition coefficient (Wildman–Crippen LogP) is 1.42. The van der Waals surface area contributed by atoms with E-state index in [-0.39, 0.29) is 17.4 Å². The number of rotatable bonds is 3. The summed E-state index contributed by atoms with van der Waals surface area (Å²) in [5, 5.41) is 9.08. The second kappa shape index (κ2) is 6.52. The largest absolute Gasteiger partial charge is 0.342 e. The van der Waals surface area contributed by atoms with Gasteiger partial charge in [-0.3, -0.25) is 14.4 Å². The molecule has 142 valence electrons. The number of aryl methyl sites for hydroxylation is 1. The topological polar surface area (TPSA) is 97.3 Å². The van der Waals surface area contributed by atoms with Crippen LogP contribution in [0.15, 0.2) is 10.9 Å². The second-order valence-corrected chi connectivity index (χ2v) is 8.22. The van der Waals surface area contributed by atoms with Crippen molar-refractivity contribution in [3.63, 3.8) is 0 Å². The zero-order valence-electron chi connectivity index (χ0n) is 15.6. The number of hydrogen-bond donors (Lipinski definition) is 1. The second-order valence-electron chi connectivity index (χ2n) is 8.22. The normalized spacial score (nSPS) is 25.1. The van der Waals surface area contributed by atoms with E-state index in [0.29, 0.717) is 36.7 Å². The molecule has 1 N–H and O–H groups in total. The number of pyridine rings is 1. The smallest absolute Gasteiger partial charge is 0.266 e. The van der Waals surface area contributed by atoms with Crippen LogP contribution in [-0.2, 0) is 4.79 Å². The van der Waals surface area contributed by atoms with Gasteiger partial charge in [-0.05, 0) is 51.0 Å². The van der Waals surface area contributed by atoms with E-state index in [2.05, 4.69) is 4.98 Å². The molecule has 4 rings (SSSR count). The van der Waals surface area contributed by atoms with Crippen LogP contribution in [0.25, 0.3) is 0 Å². The maximum Gasteiger partial charge on any atom is 0.266 e. The van der Waals surface area contributed by atoms with Crippen molar-refractivity contribution in [3.8, 4) is 6.07 Å². The molecule has 1 atom stereocenters. The van der Waals surface area contributed by atoms with Crippen LogP contribution in [0, 0.1) is 29.6 Å². The van der Waals surface area contributed by atoms with Gasteiger partial charge in [0.05, 0.1) is 11.0 Å². The zero-order valence-corrected chi connectivity index (χ0v) is 15.6. The summed E-state index contributed by atoms with van der Waals surface area (Å²) in [6, 6.07) is 3.19. The van der Waals surface area contributed by atoms with E-state index >= 15 is 0 Å². The lowest BCUT2D eigenvalue weighted by atomic mass is 9.78. The highest BCUT2D eigenvalue weighted by molar-refractivity contribution is 5.96. The van der Waals surface area contributed by atoms with Crippen LogP contribution in [0.3, 0.4) is 0 Å². The van der Waals surface area contributed by atoms with Gasteiger partial charge in [0.15, 0.2) is 0 Å². The lowest BCUT2D eigenvalue weighted by Gasteiger charge is -2.39. The third-order valence-corrected chi connectivity index (χ3v) is 6.23. The third kappa shape index (κ3) is 3.14. The molecule has 3 fully saturated rings. The first-order chi connectivity index (χ1) is 12.9. The zero-order chi connectivity index (χ0) is 19.2. The molecule has 3 heterocycles. The lowest BCUT2D eigenvalue weighted by molar-refractivity contribution is -0.145. The Labute approximate surface area is 158 Å².